The molecule has 0 saturated carbocycles. The smallest absolute Gasteiger partial charge is 0.342 e. The zero-order chi connectivity index (χ0) is 15.7. The fraction of sp³-hybridized carbons (Fsp3) is 0.133. The van der Waals surface area contributed by atoms with Gasteiger partial charge in [0.25, 0.3) is 0 Å². The second kappa shape index (κ2) is 6.10. The molecule has 0 aliphatic rings. The highest BCUT2D eigenvalue weighted by atomic mass is 79.9. The molecule has 0 unspecified atom stereocenters. The summed E-state index contributed by atoms with van der Waals surface area (Å²) in [6.07, 6.45) is 0. The van der Waals surface area contributed by atoms with Crippen LogP contribution in [0.25, 0.3) is 15.9 Å². The Hall–Kier alpha value is -1.86. The lowest BCUT2D eigenvalue weighted by atomic mass is 10.1. The van der Waals surface area contributed by atoms with Gasteiger partial charge in [-0.25, -0.2) is 10.3 Å². The van der Waals surface area contributed by atoms with Crippen molar-refractivity contribution in [2.24, 2.45) is 0 Å². The second-order valence-corrected chi connectivity index (χ2v) is 6.30. The summed E-state index contributed by atoms with van der Waals surface area (Å²) in [4.78, 5) is 12.2. The van der Waals surface area contributed by atoms with Crippen LogP contribution in [0.2, 0.25) is 0 Å². The van der Waals surface area contributed by atoms with E-state index in [0.29, 0.717) is 5.39 Å². The summed E-state index contributed by atoms with van der Waals surface area (Å²) in [5.74, 6) is -0.470. The van der Waals surface area contributed by atoms with E-state index in [9.17, 15) is 9.28 Å². The summed E-state index contributed by atoms with van der Waals surface area (Å²) in [7, 11) is 0. The van der Waals surface area contributed by atoms with Gasteiger partial charge >= 0.3 is 5.97 Å². The molecular weight excluding hydrogens is 371 g/mol. The third-order valence-corrected chi connectivity index (χ3v) is 4.89. The van der Waals surface area contributed by atoms with Crippen LogP contribution in [0.5, 0.6) is 0 Å². The van der Waals surface area contributed by atoms with Gasteiger partial charge in [0.2, 0.25) is 0 Å². The van der Waals surface area contributed by atoms with E-state index < -0.39 is 5.97 Å². The average Bonchev–Trinajstić information content (AvgIpc) is 3.07. The van der Waals surface area contributed by atoms with E-state index in [1.807, 2.05) is 29.6 Å². The number of ether oxygens (including phenoxy) is 1. The number of anilines is 1. The van der Waals surface area contributed by atoms with Crippen molar-refractivity contribution in [3.05, 3.63) is 45.7 Å². The summed E-state index contributed by atoms with van der Waals surface area (Å²) in [6.45, 7) is 1.95. The number of fused-ring (bicyclic) bond motifs is 1. The van der Waals surface area contributed by atoms with Gasteiger partial charge in [0.05, 0.1) is 12.1 Å². The fourth-order valence-electron chi connectivity index (χ4n) is 2.39. The molecule has 0 radical (unpaired) electrons. The molecule has 3 rings (SSSR count). The normalized spacial score (nSPS) is 10.9. The molecule has 3 aromatic rings. The Morgan fingerprint density at radius 3 is 2.86 bits per heavy atom. The summed E-state index contributed by atoms with van der Waals surface area (Å²) in [5, 5.41) is 3.33. The molecule has 114 valence electrons. The largest absolute Gasteiger partial charge is 0.462 e. The van der Waals surface area contributed by atoms with Crippen molar-refractivity contribution in [2.75, 3.05) is 12.1 Å². The van der Waals surface area contributed by atoms with Gasteiger partial charge in [0, 0.05) is 15.2 Å². The van der Waals surface area contributed by atoms with Crippen molar-refractivity contribution in [3.8, 4) is 5.00 Å². The van der Waals surface area contributed by atoms with Gasteiger partial charge in [-0.2, -0.15) is 0 Å². The molecule has 0 aliphatic heterocycles. The van der Waals surface area contributed by atoms with E-state index in [2.05, 4.69) is 15.9 Å². The Morgan fingerprint density at radius 1 is 1.45 bits per heavy atom. The number of rotatable bonds is 4. The number of thiophene rings is 1. The minimum atomic E-state index is -0.548. The molecule has 0 aliphatic carbocycles. The number of benzene rings is 1. The van der Waals surface area contributed by atoms with Gasteiger partial charge in [-0.15, -0.1) is 15.8 Å². The van der Waals surface area contributed by atoms with E-state index in [1.165, 1.54) is 11.3 Å². The van der Waals surface area contributed by atoms with E-state index in [-0.39, 0.29) is 18.0 Å². The first-order valence-corrected chi connectivity index (χ1v) is 8.26. The first-order chi connectivity index (χ1) is 10.7. The van der Waals surface area contributed by atoms with Crippen LogP contribution < -0.4 is 5.54 Å². The minimum Gasteiger partial charge on any atom is -0.462 e. The van der Waals surface area contributed by atoms with Gasteiger partial charge in [-0.1, -0.05) is 18.2 Å². The lowest BCUT2D eigenvalue weighted by Crippen LogP contribution is -2.07. The Labute approximate surface area is 138 Å². The quantitative estimate of drug-likeness (QED) is 0.513. The van der Waals surface area contributed by atoms with Gasteiger partial charge in [0.15, 0.2) is 5.82 Å². The Morgan fingerprint density at radius 2 is 2.23 bits per heavy atom. The molecule has 0 fully saturated rings. The van der Waals surface area contributed by atoms with Crippen molar-refractivity contribution in [1.29, 1.82) is 0 Å². The molecule has 0 saturated heterocycles. The highest BCUT2D eigenvalue weighted by Crippen LogP contribution is 2.36. The molecule has 2 heterocycles. The number of para-hydroxylation sites is 1. The van der Waals surface area contributed by atoms with E-state index in [0.717, 1.165) is 15.0 Å². The summed E-state index contributed by atoms with van der Waals surface area (Å²) in [5.41, 5.74) is 2.59. The molecule has 1 aromatic carbocycles. The summed E-state index contributed by atoms with van der Waals surface area (Å²) >= 11 is 4.83. The molecule has 1 N–H and O–H groups in total. The number of nitrogens with one attached hydrogen (secondary N) is 1. The average molecular weight is 383 g/mol. The zero-order valence-electron chi connectivity index (χ0n) is 11.6. The Balaban J connectivity index is 2.34. The molecule has 0 amide bonds. The molecule has 7 heteroatoms. The zero-order valence-corrected chi connectivity index (χ0v) is 14.0. The number of carbonyl (C=O) groups is 1. The van der Waals surface area contributed by atoms with Crippen LogP contribution in [-0.2, 0) is 4.74 Å². The summed E-state index contributed by atoms with van der Waals surface area (Å²) in [6, 6.07) is 9.14. The number of esters is 1. The van der Waals surface area contributed by atoms with Crippen molar-refractivity contribution < 1.29 is 14.0 Å². The fourth-order valence-corrected chi connectivity index (χ4v) is 3.83. The van der Waals surface area contributed by atoms with Crippen LogP contribution in [-0.4, -0.2) is 17.1 Å². The molecule has 22 heavy (non-hydrogen) atoms. The molecule has 0 atom stereocenters. The molecule has 0 spiro atoms. The maximum atomic E-state index is 13.5. The van der Waals surface area contributed by atoms with Crippen LogP contribution in [0, 0.1) is 0 Å². The Bertz CT molecular complexity index is 843. The van der Waals surface area contributed by atoms with Crippen molar-refractivity contribution in [2.45, 2.75) is 6.92 Å². The van der Waals surface area contributed by atoms with Crippen LogP contribution in [0.1, 0.15) is 17.3 Å². The lowest BCUT2D eigenvalue weighted by molar-refractivity contribution is 0.0529. The van der Waals surface area contributed by atoms with Crippen molar-refractivity contribution in [1.82, 2.24) is 4.57 Å². The third kappa shape index (κ3) is 2.40. The molecule has 0 bridgehead atoms. The van der Waals surface area contributed by atoms with Crippen molar-refractivity contribution in [3.63, 3.8) is 0 Å². The molecular formula is C15H12BrFN2O2S. The Kier molecular flexibility index (Phi) is 4.17. The second-order valence-electron chi connectivity index (χ2n) is 4.49. The van der Waals surface area contributed by atoms with E-state index in [1.54, 1.807) is 23.1 Å². The maximum absolute atomic E-state index is 13.5. The minimum absolute atomic E-state index is 0.0778. The van der Waals surface area contributed by atoms with E-state index in [4.69, 9.17) is 4.74 Å². The topological polar surface area (TPSA) is 43.3 Å². The standard InChI is InChI=1S/C15H12BrFN2O2S/c1-2-21-15(20)13-10-5-3-4-6-11(10)19(14(13)18-17)12-7-9(16)8-22-12/h3-8,18H,2H2,1H3. The summed E-state index contributed by atoms with van der Waals surface area (Å²) < 4.78 is 21.1. The van der Waals surface area contributed by atoms with Crippen LogP contribution in [0.4, 0.5) is 10.3 Å². The van der Waals surface area contributed by atoms with Gasteiger partial charge in [0.1, 0.15) is 10.6 Å². The molecule has 4 nitrogen and oxygen atoms in total. The van der Waals surface area contributed by atoms with E-state index >= 15 is 0 Å². The van der Waals surface area contributed by atoms with Gasteiger partial charge < -0.3 is 4.74 Å². The lowest BCUT2D eigenvalue weighted by Gasteiger charge is -2.07. The number of hydrogen-bond acceptors (Lipinski definition) is 4. The highest BCUT2D eigenvalue weighted by Gasteiger charge is 2.25. The van der Waals surface area contributed by atoms with Crippen LogP contribution in [0.3, 0.4) is 0 Å². The van der Waals surface area contributed by atoms with Gasteiger partial charge in [-0.05, 0) is 35.0 Å². The van der Waals surface area contributed by atoms with Crippen LogP contribution >= 0.6 is 27.3 Å². The first kappa shape index (κ1) is 15.1. The SMILES string of the molecule is CCOC(=O)c1c(NF)n(-c2cc(Br)cs2)c2ccccc12. The molecule has 2 aromatic heterocycles. The van der Waals surface area contributed by atoms with Crippen LogP contribution in [0.15, 0.2) is 40.2 Å². The maximum Gasteiger partial charge on any atom is 0.342 e. The highest BCUT2D eigenvalue weighted by molar-refractivity contribution is 9.10. The predicted molar refractivity (Wildman–Crippen MR) is 89.5 cm³/mol. The van der Waals surface area contributed by atoms with Gasteiger partial charge in [-0.3, -0.25) is 4.57 Å². The number of aromatic nitrogens is 1. The number of halogens is 2. The number of hydrogen-bond donors (Lipinski definition) is 1. The first-order valence-electron chi connectivity index (χ1n) is 6.59. The monoisotopic (exact) mass is 382 g/mol. The van der Waals surface area contributed by atoms with Crippen molar-refractivity contribution >= 4 is 50.0 Å². The predicted octanol–water partition coefficient (Wildman–Crippen LogP) is 4.93. The third-order valence-electron chi connectivity index (χ3n) is 3.22. The number of nitrogens with zero attached hydrogens (tertiary/aromatic N) is 1. The number of carbonyl (C=O) groups excluding carboxylic acids is 1.